The molecule has 98 valence electrons. The van der Waals surface area contributed by atoms with E-state index < -0.39 is 0 Å². The molecule has 1 saturated carbocycles. The number of halogens is 1. The number of carbonyl (C=O) groups is 1. The highest BCUT2D eigenvalue weighted by molar-refractivity contribution is 9.10. The molecule has 19 heavy (non-hydrogen) atoms. The zero-order valence-electron chi connectivity index (χ0n) is 10.5. The van der Waals surface area contributed by atoms with E-state index in [1.165, 1.54) is 12.8 Å². The third-order valence-electron chi connectivity index (χ3n) is 3.61. The van der Waals surface area contributed by atoms with Crippen LogP contribution in [0.5, 0.6) is 0 Å². The maximum atomic E-state index is 11.9. The van der Waals surface area contributed by atoms with Crippen molar-refractivity contribution in [3.63, 3.8) is 0 Å². The van der Waals surface area contributed by atoms with Crippen LogP contribution < -0.4 is 5.32 Å². The SMILES string of the molecule is O=C1NC(C2CCCC2)=N/C1=C/c1cccc(Br)c1. The zero-order valence-corrected chi connectivity index (χ0v) is 12.1. The van der Waals surface area contributed by atoms with Crippen LogP contribution in [0.2, 0.25) is 0 Å². The highest BCUT2D eigenvalue weighted by Crippen LogP contribution is 2.28. The number of amides is 1. The van der Waals surface area contributed by atoms with Crippen molar-refractivity contribution >= 4 is 33.7 Å². The van der Waals surface area contributed by atoms with Gasteiger partial charge in [-0.2, -0.15) is 0 Å². The fourth-order valence-electron chi connectivity index (χ4n) is 2.63. The molecular weight excluding hydrogens is 304 g/mol. The topological polar surface area (TPSA) is 41.5 Å². The molecule has 0 radical (unpaired) electrons. The molecule has 1 fully saturated rings. The van der Waals surface area contributed by atoms with Gasteiger partial charge in [0.15, 0.2) is 0 Å². The average Bonchev–Trinajstić information content (AvgIpc) is 3.00. The van der Waals surface area contributed by atoms with E-state index in [0.717, 1.165) is 28.7 Å². The molecule has 0 atom stereocenters. The Bertz CT molecular complexity index is 571. The van der Waals surface area contributed by atoms with Gasteiger partial charge < -0.3 is 5.32 Å². The smallest absolute Gasteiger partial charge is 0.275 e. The van der Waals surface area contributed by atoms with Gasteiger partial charge in [0.05, 0.1) is 0 Å². The molecule has 1 aliphatic heterocycles. The maximum Gasteiger partial charge on any atom is 0.275 e. The van der Waals surface area contributed by atoms with Crippen LogP contribution in [0.25, 0.3) is 6.08 Å². The molecule has 1 aliphatic carbocycles. The van der Waals surface area contributed by atoms with Gasteiger partial charge in [-0.15, -0.1) is 0 Å². The van der Waals surface area contributed by atoms with Gasteiger partial charge in [0.1, 0.15) is 11.5 Å². The quantitative estimate of drug-likeness (QED) is 0.833. The number of amidine groups is 1. The lowest BCUT2D eigenvalue weighted by Crippen LogP contribution is -2.29. The molecule has 1 heterocycles. The van der Waals surface area contributed by atoms with Crippen molar-refractivity contribution in [2.45, 2.75) is 25.7 Å². The second-order valence-electron chi connectivity index (χ2n) is 5.02. The van der Waals surface area contributed by atoms with Crippen molar-refractivity contribution in [1.29, 1.82) is 0 Å². The molecule has 0 bridgehead atoms. The molecule has 3 nitrogen and oxygen atoms in total. The van der Waals surface area contributed by atoms with Gasteiger partial charge in [0, 0.05) is 10.4 Å². The zero-order chi connectivity index (χ0) is 13.2. The average molecular weight is 319 g/mol. The van der Waals surface area contributed by atoms with E-state index in [2.05, 4.69) is 26.2 Å². The van der Waals surface area contributed by atoms with Crippen LogP contribution in [0.15, 0.2) is 39.4 Å². The van der Waals surface area contributed by atoms with E-state index in [1.54, 1.807) is 0 Å². The highest BCUT2D eigenvalue weighted by Gasteiger charge is 2.28. The lowest BCUT2D eigenvalue weighted by Gasteiger charge is -2.06. The second kappa shape index (κ2) is 5.29. The number of rotatable bonds is 2. The summed E-state index contributed by atoms with van der Waals surface area (Å²) in [5.74, 6) is 1.22. The minimum atomic E-state index is -0.0816. The Morgan fingerprint density at radius 3 is 2.84 bits per heavy atom. The van der Waals surface area contributed by atoms with Crippen LogP contribution in [0.3, 0.4) is 0 Å². The summed E-state index contributed by atoms with van der Waals surface area (Å²) in [5.41, 5.74) is 1.50. The Morgan fingerprint density at radius 2 is 2.11 bits per heavy atom. The Morgan fingerprint density at radius 1 is 1.32 bits per heavy atom. The first-order valence-electron chi connectivity index (χ1n) is 6.59. The fraction of sp³-hybridized carbons (Fsp3) is 0.333. The molecule has 0 aromatic heterocycles. The van der Waals surface area contributed by atoms with E-state index >= 15 is 0 Å². The van der Waals surface area contributed by atoms with E-state index in [1.807, 2.05) is 30.3 Å². The van der Waals surface area contributed by atoms with Crippen molar-refractivity contribution in [1.82, 2.24) is 5.32 Å². The summed E-state index contributed by atoms with van der Waals surface area (Å²) in [6.45, 7) is 0. The van der Waals surface area contributed by atoms with E-state index in [0.29, 0.717) is 11.6 Å². The molecule has 1 aromatic carbocycles. The Balaban J connectivity index is 1.85. The molecule has 1 aromatic rings. The number of benzene rings is 1. The first-order chi connectivity index (χ1) is 9.22. The summed E-state index contributed by atoms with van der Waals surface area (Å²) in [6.07, 6.45) is 6.60. The summed E-state index contributed by atoms with van der Waals surface area (Å²) in [4.78, 5) is 16.4. The van der Waals surface area contributed by atoms with Gasteiger partial charge >= 0.3 is 0 Å². The third-order valence-corrected chi connectivity index (χ3v) is 4.10. The molecule has 0 saturated heterocycles. The standard InChI is InChI=1S/C15H15BrN2O/c16-12-7-3-4-10(8-12)9-13-15(19)18-14(17-13)11-5-1-2-6-11/h3-4,7-9,11H,1-2,5-6H2,(H,17,18,19)/b13-9+. The van der Waals surface area contributed by atoms with Gasteiger partial charge in [0.25, 0.3) is 5.91 Å². The summed E-state index contributed by atoms with van der Waals surface area (Å²) >= 11 is 3.43. The lowest BCUT2D eigenvalue weighted by atomic mass is 10.1. The third kappa shape index (κ3) is 2.78. The normalized spacial score (nSPS) is 21.8. The summed E-state index contributed by atoms with van der Waals surface area (Å²) in [7, 11) is 0. The van der Waals surface area contributed by atoms with Crippen molar-refractivity contribution in [3.05, 3.63) is 40.0 Å². The minimum Gasteiger partial charge on any atom is -0.308 e. The van der Waals surface area contributed by atoms with E-state index in [4.69, 9.17) is 0 Å². The maximum absolute atomic E-state index is 11.9. The Hall–Kier alpha value is -1.42. The van der Waals surface area contributed by atoms with Crippen LogP contribution in [-0.4, -0.2) is 11.7 Å². The monoisotopic (exact) mass is 318 g/mol. The van der Waals surface area contributed by atoms with E-state index in [-0.39, 0.29) is 5.91 Å². The van der Waals surface area contributed by atoms with Crippen LogP contribution in [0.1, 0.15) is 31.2 Å². The molecule has 0 unspecified atom stereocenters. The molecule has 3 rings (SSSR count). The number of aliphatic imine (C=N–C) groups is 1. The molecule has 4 heteroatoms. The predicted molar refractivity (Wildman–Crippen MR) is 79.7 cm³/mol. The molecular formula is C15H15BrN2O. The van der Waals surface area contributed by atoms with Crippen molar-refractivity contribution < 1.29 is 4.79 Å². The van der Waals surface area contributed by atoms with Crippen LogP contribution in [0.4, 0.5) is 0 Å². The minimum absolute atomic E-state index is 0.0816. The Labute approximate surface area is 120 Å². The first kappa shape index (κ1) is 12.6. The lowest BCUT2D eigenvalue weighted by molar-refractivity contribution is -0.115. The highest BCUT2D eigenvalue weighted by atomic mass is 79.9. The summed E-state index contributed by atoms with van der Waals surface area (Å²) in [5, 5.41) is 2.91. The summed E-state index contributed by atoms with van der Waals surface area (Å²) < 4.78 is 1.00. The van der Waals surface area contributed by atoms with Crippen molar-refractivity contribution in [2.24, 2.45) is 10.9 Å². The molecule has 1 N–H and O–H groups in total. The fourth-order valence-corrected chi connectivity index (χ4v) is 3.05. The summed E-state index contributed by atoms with van der Waals surface area (Å²) in [6, 6.07) is 7.85. The number of hydrogen-bond donors (Lipinski definition) is 1. The number of carbonyl (C=O) groups excluding carboxylic acids is 1. The van der Waals surface area contributed by atoms with Crippen LogP contribution >= 0.6 is 15.9 Å². The van der Waals surface area contributed by atoms with Gasteiger partial charge in [-0.05, 0) is 36.6 Å². The van der Waals surface area contributed by atoms with Crippen LogP contribution in [0, 0.1) is 5.92 Å². The predicted octanol–water partition coefficient (Wildman–Crippen LogP) is 3.51. The molecule has 0 spiro atoms. The first-order valence-corrected chi connectivity index (χ1v) is 7.39. The molecule has 2 aliphatic rings. The van der Waals surface area contributed by atoms with Gasteiger partial charge in [0.2, 0.25) is 0 Å². The molecule has 1 amide bonds. The van der Waals surface area contributed by atoms with Gasteiger partial charge in [-0.3, -0.25) is 4.79 Å². The van der Waals surface area contributed by atoms with Crippen LogP contribution in [-0.2, 0) is 4.79 Å². The second-order valence-corrected chi connectivity index (χ2v) is 5.93. The number of hydrogen-bond acceptors (Lipinski definition) is 2. The van der Waals surface area contributed by atoms with Crippen molar-refractivity contribution in [2.75, 3.05) is 0 Å². The van der Waals surface area contributed by atoms with E-state index in [9.17, 15) is 4.79 Å². The Kier molecular flexibility index (Phi) is 3.51. The number of nitrogens with zero attached hydrogens (tertiary/aromatic N) is 1. The number of nitrogens with one attached hydrogen (secondary N) is 1. The largest absolute Gasteiger partial charge is 0.308 e. The van der Waals surface area contributed by atoms with Gasteiger partial charge in [-0.25, -0.2) is 4.99 Å². The van der Waals surface area contributed by atoms with Gasteiger partial charge in [-0.1, -0.05) is 40.9 Å². The van der Waals surface area contributed by atoms with Crippen molar-refractivity contribution in [3.8, 4) is 0 Å².